The van der Waals surface area contributed by atoms with Gasteiger partial charge in [0.25, 0.3) is 0 Å². The van der Waals surface area contributed by atoms with Crippen LogP contribution in [0.4, 0.5) is 0 Å². The minimum atomic E-state index is -1.22. The van der Waals surface area contributed by atoms with Crippen LogP contribution in [0.1, 0.15) is 13.8 Å². The number of rotatable bonds is 4. The lowest BCUT2D eigenvalue weighted by atomic mass is 10.4. The van der Waals surface area contributed by atoms with Crippen molar-refractivity contribution in [1.82, 2.24) is 4.47 Å². The second kappa shape index (κ2) is 5.95. The van der Waals surface area contributed by atoms with Crippen molar-refractivity contribution in [2.75, 3.05) is 19.8 Å². The minimum Gasteiger partial charge on any atom is -0.497 e. The summed E-state index contributed by atoms with van der Waals surface area (Å²) in [6.45, 7) is 5.29. The Morgan fingerprint density at radius 2 is 2.29 bits per heavy atom. The van der Waals surface area contributed by atoms with Gasteiger partial charge in [-0.3, -0.25) is 4.84 Å². The van der Waals surface area contributed by atoms with Crippen molar-refractivity contribution in [2.45, 2.75) is 13.8 Å². The molecule has 5 heteroatoms. The van der Waals surface area contributed by atoms with Gasteiger partial charge in [-0.2, -0.15) is 0 Å². The Morgan fingerprint density at radius 1 is 1.50 bits per heavy atom. The maximum atomic E-state index is 11.5. The van der Waals surface area contributed by atoms with Crippen LogP contribution < -0.4 is 0 Å². The summed E-state index contributed by atoms with van der Waals surface area (Å²) in [4.78, 5) is 5.21. The number of hydroxylamine groups is 1. The third-order valence-electron chi connectivity index (χ3n) is 1.57. The molecule has 80 valence electrons. The van der Waals surface area contributed by atoms with Crippen LogP contribution in [-0.2, 0) is 20.6 Å². The molecule has 14 heavy (non-hydrogen) atoms. The summed E-state index contributed by atoms with van der Waals surface area (Å²) in [5, 5.41) is 1.57. The standard InChI is InChI=1S/C9H15NO3S/c1-3-12-9-6-5-7-14(11)10(8-9)13-4-2/h5-7H,3-4,8H2,1-2H3. The van der Waals surface area contributed by atoms with Gasteiger partial charge in [0.1, 0.15) is 16.7 Å². The summed E-state index contributed by atoms with van der Waals surface area (Å²) in [6, 6.07) is 0. The highest BCUT2D eigenvalue weighted by Gasteiger charge is 2.15. The van der Waals surface area contributed by atoms with E-state index in [1.165, 1.54) is 4.47 Å². The Hall–Kier alpha value is -0.650. The van der Waals surface area contributed by atoms with E-state index in [1.807, 2.05) is 13.8 Å². The molecule has 0 aromatic carbocycles. The Labute approximate surface area is 86.7 Å². The summed E-state index contributed by atoms with van der Waals surface area (Å²) in [5.41, 5.74) is 0. The van der Waals surface area contributed by atoms with Crippen LogP contribution in [0.5, 0.6) is 0 Å². The molecule has 0 spiro atoms. The fraction of sp³-hybridized carbons (Fsp3) is 0.556. The zero-order valence-electron chi connectivity index (χ0n) is 8.43. The number of hydrogen-bond donors (Lipinski definition) is 0. The Kier molecular flexibility index (Phi) is 4.86. The zero-order valence-corrected chi connectivity index (χ0v) is 9.25. The van der Waals surface area contributed by atoms with E-state index in [9.17, 15) is 4.21 Å². The fourth-order valence-corrected chi connectivity index (χ4v) is 1.86. The van der Waals surface area contributed by atoms with Crippen molar-refractivity contribution < 1.29 is 13.8 Å². The molecular formula is C9H15NO3S. The Morgan fingerprint density at radius 3 is 2.93 bits per heavy atom. The topological polar surface area (TPSA) is 38.8 Å². The lowest BCUT2D eigenvalue weighted by molar-refractivity contribution is -0.0730. The Balaban J connectivity index is 2.64. The van der Waals surface area contributed by atoms with E-state index in [1.54, 1.807) is 17.6 Å². The van der Waals surface area contributed by atoms with Crippen LogP contribution in [-0.4, -0.2) is 28.4 Å². The molecular weight excluding hydrogens is 202 g/mol. The van der Waals surface area contributed by atoms with E-state index in [0.29, 0.717) is 19.8 Å². The van der Waals surface area contributed by atoms with Crippen molar-refractivity contribution in [1.29, 1.82) is 0 Å². The molecule has 0 bridgehead atoms. The smallest absolute Gasteiger partial charge is 0.144 e. The van der Waals surface area contributed by atoms with Crippen LogP contribution in [0.2, 0.25) is 0 Å². The van der Waals surface area contributed by atoms with Gasteiger partial charge in [-0.05, 0) is 26.0 Å². The normalized spacial score (nSPS) is 23.0. The summed E-state index contributed by atoms with van der Waals surface area (Å²) < 4.78 is 18.2. The van der Waals surface area contributed by atoms with E-state index < -0.39 is 11.0 Å². The van der Waals surface area contributed by atoms with E-state index in [4.69, 9.17) is 9.57 Å². The largest absolute Gasteiger partial charge is 0.497 e. The first-order chi connectivity index (χ1) is 6.77. The molecule has 0 aromatic heterocycles. The lowest BCUT2D eigenvalue weighted by Gasteiger charge is -2.17. The average Bonchev–Trinajstić information content (AvgIpc) is 2.31. The molecule has 1 aliphatic rings. The van der Waals surface area contributed by atoms with Crippen LogP contribution in [0, 0.1) is 0 Å². The third-order valence-corrected chi connectivity index (χ3v) is 2.59. The quantitative estimate of drug-likeness (QED) is 0.713. The SMILES string of the molecule is CCOC1=CC=CS(=O)N(OCC)C1. The number of nitrogens with zero attached hydrogens (tertiary/aromatic N) is 1. The Bertz CT molecular complexity index is 263. The lowest BCUT2D eigenvalue weighted by Crippen LogP contribution is -2.27. The minimum absolute atomic E-state index is 0.418. The summed E-state index contributed by atoms with van der Waals surface area (Å²) >= 11 is 0. The van der Waals surface area contributed by atoms with Gasteiger partial charge >= 0.3 is 0 Å². The number of ether oxygens (including phenoxy) is 1. The third kappa shape index (κ3) is 3.25. The van der Waals surface area contributed by atoms with Crippen LogP contribution in [0.15, 0.2) is 23.3 Å². The van der Waals surface area contributed by atoms with Crippen LogP contribution in [0.3, 0.4) is 0 Å². The predicted octanol–water partition coefficient (Wildman–Crippen LogP) is 1.35. The van der Waals surface area contributed by atoms with Gasteiger partial charge in [-0.15, -0.1) is 0 Å². The molecule has 0 aromatic rings. The maximum Gasteiger partial charge on any atom is 0.144 e. The highest BCUT2D eigenvalue weighted by Crippen LogP contribution is 2.10. The second-order valence-electron chi connectivity index (χ2n) is 2.58. The van der Waals surface area contributed by atoms with E-state index >= 15 is 0 Å². The van der Waals surface area contributed by atoms with Gasteiger partial charge < -0.3 is 4.74 Å². The van der Waals surface area contributed by atoms with Crippen molar-refractivity contribution in [3.05, 3.63) is 23.3 Å². The first kappa shape index (κ1) is 11.4. The molecule has 1 atom stereocenters. The molecule has 0 saturated carbocycles. The van der Waals surface area contributed by atoms with Crippen molar-refractivity contribution in [3.8, 4) is 0 Å². The molecule has 1 aliphatic heterocycles. The van der Waals surface area contributed by atoms with Gasteiger partial charge in [0.05, 0.1) is 19.8 Å². The molecule has 1 heterocycles. The number of hydrogen-bond acceptors (Lipinski definition) is 3. The van der Waals surface area contributed by atoms with Crippen molar-refractivity contribution in [3.63, 3.8) is 0 Å². The summed E-state index contributed by atoms with van der Waals surface area (Å²) in [7, 11) is -1.22. The highest BCUT2D eigenvalue weighted by molar-refractivity contribution is 7.85. The number of allylic oxidation sites excluding steroid dienone is 2. The molecule has 4 nitrogen and oxygen atoms in total. The molecule has 1 rings (SSSR count). The fourth-order valence-electron chi connectivity index (χ4n) is 1.05. The molecule has 0 fully saturated rings. The highest BCUT2D eigenvalue weighted by atomic mass is 32.2. The van der Waals surface area contributed by atoms with Gasteiger partial charge in [-0.25, -0.2) is 4.21 Å². The monoisotopic (exact) mass is 217 g/mol. The van der Waals surface area contributed by atoms with Gasteiger partial charge in [0.2, 0.25) is 0 Å². The second-order valence-corrected chi connectivity index (χ2v) is 3.81. The van der Waals surface area contributed by atoms with Gasteiger partial charge in [-0.1, -0.05) is 4.47 Å². The molecule has 0 amide bonds. The average molecular weight is 217 g/mol. The maximum absolute atomic E-state index is 11.5. The van der Waals surface area contributed by atoms with Crippen LogP contribution in [0.25, 0.3) is 0 Å². The molecule has 0 radical (unpaired) electrons. The summed E-state index contributed by atoms with van der Waals surface area (Å²) in [5.74, 6) is 0.767. The molecule has 0 aliphatic carbocycles. The van der Waals surface area contributed by atoms with E-state index in [-0.39, 0.29) is 0 Å². The van der Waals surface area contributed by atoms with E-state index in [2.05, 4.69) is 0 Å². The molecule has 0 saturated heterocycles. The van der Waals surface area contributed by atoms with Crippen molar-refractivity contribution in [2.24, 2.45) is 0 Å². The molecule has 1 unspecified atom stereocenters. The summed E-state index contributed by atoms with van der Waals surface area (Å²) in [6.07, 6.45) is 3.53. The van der Waals surface area contributed by atoms with Crippen molar-refractivity contribution >= 4 is 11.0 Å². The van der Waals surface area contributed by atoms with Crippen LogP contribution >= 0.6 is 0 Å². The predicted molar refractivity (Wildman–Crippen MR) is 55.3 cm³/mol. The van der Waals surface area contributed by atoms with Gasteiger partial charge in [0.15, 0.2) is 0 Å². The first-order valence-electron chi connectivity index (χ1n) is 4.59. The molecule has 0 N–H and O–H groups in total. The van der Waals surface area contributed by atoms with E-state index in [0.717, 1.165) is 5.76 Å². The van der Waals surface area contributed by atoms with Gasteiger partial charge in [0, 0.05) is 5.41 Å². The zero-order chi connectivity index (χ0) is 10.4. The first-order valence-corrected chi connectivity index (χ1v) is 5.76.